The highest BCUT2D eigenvalue weighted by molar-refractivity contribution is 5.15. The first-order valence-corrected chi connectivity index (χ1v) is 4.10. The van der Waals surface area contributed by atoms with Crippen molar-refractivity contribution in [1.82, 2.24) is 4.98 Å². The SMILES string of the molecule is Cc1cc(CC(C)C)ccn1. The molecule has 1 aromatic rings. The highest BCUT2D eigenvalue weighted by Gasteiger charge is 1.96. The van der Waals surface area contributed by atoms with E-state index in [0.717, 1.165) is 18.0 Å². The molecule has 0 aliphatic carbocycles. The molecule has 1 rings (SSSR count). The molecular formula is C10H15N. The summed E-state index contributed by atoms with van der Waals surface area (Å²) < 4.78 is 0. The second-order valence-electron chi connectivity index (χ2n) is 3.40. The third-order valence-corrected chi connectivity index (χ3v) is 1.61. The van der Waals surface area contributed by atoms with Crippen LogP contribution in [-0.4, -0.2) is 4.98 Å². The van der Waals surface area contributed by atoms with E-state index in [1.165, 1.54) is 5.56 Å². The van der Waals surface area contributed by atoms with E-state index in [4.69, 9.17) is 0 Å². The van der Waals surface area contributed by atoms with Crippen molar-refractivity contribution < 1.29 is 0 Å². The van der Waals surface area contributed by atoms with E-state index in [1.807, 2.05) is 13.1 Å². The fraction of sp³-hybridized carbons (Fsp3) is 0.500. The molecule has 0 aliphatic heterocycles. The smallest absolute Gasteiger partial charge is 0.0375 e. The summed E-state index contributed by atoms with van der Waals surface area (Å²) in [5.74, 6) is 0.733. The fourth-order valence-corrected chi connectivity index (χ4v) is 1.20. The molecule has 1 nitrogen and oxygen atoms in total. The van der Waals surface area contributed by atoms with Gasteiger partial charge in [0.1, 0.15) is 0 Å². The normalized spacial score (nSPS) is 10.5. The molecule has 0 aromatic carbocycles. The Morgan fingerprint density at radius 1 is 1.45 bits per heavy atom. The van der Waals surface area contributed by atoms with Gasteiger partial charge < -0.3 is 0 Å². The molecule has 0 spiro atoms. The van der Waals surface area contributed by atoms with E-state index >= 15 is 0 Å². The van der Waals surface area contributed by atoms with Crippen LogP contribution >= 0.6 is 0 Å². The average molecular weight is 149 g/mol. The number of nitrogens with zero attached hydrogens (tertiary/aromatic N) is 1. The van der Waals surface area contributed by atoms with Gasteiger partial charge in [-0.25, -0.2) is 0 Å². The summed E-state index contributed by atoms with van der Waals surface area (Å²) in [7, 11) is 0. The Kier molecular flexibility index (Phi) is 2.64. The average Bonchev–Trinajstić information content (AvgIpc) is 1.85. The minimum Gasteiger partial charge on any atom is -0.262 e. The molecule has 0 atom stereocenters. The van der Waals surface area contributed by atoms with Gasteiger partial charge in [-0.3, -0.25) is 4.98 Å². The van der Waals surface area contributed by atoms with Gasteiger partial charge in [0.2, 0.25) is 0 Å². The van der Waals surface area contributed by atoms with Gasteiger partial charge in [0, 0.05) is 11.9 Å². The zero-order valence-electron chi connectivity index (χ0n) is 7.46. The van der Waals surface area contributed by atoms with E-state index in [2.05, 4.69) is 31.0 Å². The standard InChI is InChI=1S/C10H15N/c1-8(2)6-10-4-5-11-9(3)7-10/h4-5,7-8H,6H2,1-3H3. The predicted molar refractivity (Wildman–Crippen MR) is 47.5 cm³/mol. The maximum atomic E-state index is 4.15. The Morgan fingerprint density at radius 2 is 2.18 bits per heavy atom. The van der Waals surface area contributed by atoms with Crippen LogP contribution in [-0.2, 0) is 6.42 Å². The summed E-state index contributed by atoms with van der Waals surface area (Å²) in [5, 5.41) is 0. The van der Waals surface area contributed by atoms with Crippen LogP contribution in [0.5, 0.6) is 0 Å². The van der Waals surface area contributed by atoms with Crippen molar-refractivity contribution in [3.63, 3.8) is 0 Å². The predicted octanol–water partition coefficient (Wildman–Crippen LogP) is 2.59. The van der Waals surface area contributed by atoms with Crippen LogP contribution < -0.4 is 0 Å². The third kappa shape index (κ3) is 2.71. The number of pyridine rings is 1. The molecule has 0 amide bonds. The first-order chi connectivity index (χ1) is 5.18. The molecule has 0 saturated heterocycles. The molecule has 0 aliphatic rings. The number of hydrogen-bond acceptors (Lipinski definition) is 1. The van der Waals surface area contributed by atoms with Gasteiger partial charge >= 0.3 is 0 Å². The lowest BCUT2D eigenvalue weighted by Crippen LogP contribution is -1.94. The molecule has 1 aromatic heterocycles. The van der Waals surface area contributed by atoms with Crippen LogP contribution in [0.3, 0.4) is 0 Å². The lowest BCUT2D eigenvalue weighted by atomic mass is 10.0. The highest BCUT2D eigenvalue weighted by Crippen LogP contribution is 2.07. The second kappa shape index (κ2) is 3.51. The summed E-state index contributed by atoms with van der Waals surface area (Å²) in [5.41, 5.74) is 2.51. The molecule has 1 heteroatoms. The number of aryl methyl sites for hydroxylation is 1. The van der Waals surface area contributed by atoms with Crippen molar-refractivity contribution >= 4 is 0 Å². The van der Waals surface area contributed by atoms with Crippen LogP contribution in [0, 0.1) is 12.8 Å². The van der Waals surface area contributed by atoms with E-state index in [9.17, 15) is 0 Å². The Balaban J connectivity index is 2.71. The van der Waals surface area contributed by atoms with Crippen LogP contribution in [0.25, 0.3) is 0 Å². The van der Waals surface area contributed by atoms with Gasteiger partial charge in [-0.05, 0) is 37.0 Å². The minimum atomic E-state index is 0.733. The molecule has 1 heterocycles. The quantitative estimate of drug-likeness (QED) is 0.629. The lowest BCUT2D eigenvalue weighted by molar-refractivity contribution is 0.646. The Bertz CT molecular complexity index is 228. The molecule has 0 radical (unpaired) electrons. The van der Waals surface area contributed by atoms with Crippen LogP contribution in [0.4, 0.5) is 0 Å². The first-order valence-electron chi connectivity index (χ1n) is 4.10. The molecular weight excluding hydrogens is 134 g/mol. The van der Waals surface area contributed by atoms with Crippen LogP contribution in [0.2, 0.25) is 0 Å². The number of rotatable bonds is 2. The maximum absolute atomic E-state index is 4.15. The number of hydrogen-bond donors (Lipinski definition) is 0. The molecule has 60 valence electrons. The number of aromatic nitrogens is 1. The second-order valence-corrected chi connectivity index (χ2v) is 3.40. The van der Waals surface area contributed by atoms with Crippen molar-refractivity contribution in [2.24, 2.45) is 5.92 Å². The van der Waals surface area contributed by atoms with Crippen LogP contribution in [0.1, 0.15) is 25.1 Å². The zero-order valence-corrected chi connectivity index (χ0v) is 7.46. The third-order valence-electron chi connectivity index (χ3n) is 1.61. The zero-order chi connectivity index (χ0) is 8.27. The summed E-state index contributed by atoms with van der Waals surface area (Å²) in [6.07, 6.45) is 3.04. The molecule has 0 unspecified atom stereocenters. The van der Waals surface area contributed by atoms with Crippen molar-refractivity contribution in [2.45, 2.75) is 27.2 Å². The summed E-state index contributed by atoms with van der Waals surface area (Å²) in [4.78, 5) is 4.15. The van der Waals surface area contributed by atoms with Gasteiger partial charge in [0.15, 0.2) is 0 Å². The van der Waals surface area contributed by atoms with E-state index in [1.54, 1.807) is 0 Å². The molecule has 11 heavy (non-hydrogen) atoms. The van der Waals surface area contributed by atoms with Crippen molar-refractivity contribution in [3.05, 3.63) is 29.6 Å². The first kappa shape index (κ1) is 8.25. The van der Waals surface area contributed by atoms with Crippen molar-refractivity contribution in [3.8, 4) is 0 Å². The van der Waals surface area contributed by atoms with E-state index < -0.39 is 0 Å². The summed E-state index contributed by atoms with van der Waals surface area (Å²) in [6.45, 7) is 6.50. The van der Waals surface area contributed by atoms with Gasteiger partial charge in [-0.1, -0.05) is 13.8 Å². The highest BCUT2D eigenvalue weighted by atomic mass is 14.6. The van der Waals surface area contributed by atoms with Gasteiger partial charge in [0.25, 0.3) is 0 Å². The summed E-state index contributed by atoms with van der Waals surface area (Å²) in [6, 6.07) is 4.24. The maximum Gasteiger partial charge on any atom is 0.0375 e. The topological polar surface area (TPSA) is 12.9 Å². The van der Waals surface area contributed by atoms with Crippen molar-refractivity contribution in [1.29, 1.82) is 0 Å². The van der Waals surface area contributed by atoms with E-state index in [-0.39, 0.29) is 0 Å². The monoisotopic (exact) mass is 149 g/mol. The van der Waals surface area contributed by atoms with Crippen molar-refractivity contribution in [2.75, 3.05) is 0 Å². The Hall–Kier alpha value is -0.850. The van der Waals surface area contributed by atoms with Gasteiger partial charge in [-0.15, -0.1) is 0 Å². The molecule has 0 bridgehead atoms. The summed E-state index contributed by atoms with van der Waals surface area (Å²) >= 11 is 0. The van der Waals surface area contributed by atoms with Gasteiger partial charge in [0.05, 0.1) is 0 Å². The lowest BCUT2D eigenvalue weighted by Gasteiger charge is -2.04. The molecule has 0 N–H and O–H groups in total. The Labute approximate surface area is 68.5 Å². The Morgan fingerprint density at radius 3 is 2.73 bits per heavy atom. The fourth-order valence-electron chi connectivity index (χ4n) is 1.20. The van der Waals surface area contributed by atoms with Gasteiger partial charge in [-0.2, -0.15) is 0 Å². The van der Waals surface area contributed by atoms with Crippen LogP contribution in [0.15, 0.2) is 18.3 Å². The molecule has 0 saturated carbocycles. The largest absolute Gasteiger partial charge is 0.262 e. The molecule has 0 fully saturated rings. The van der Waals surface area contributed by atoms with E-state index in [0.29, 0.717) is 0 Å². The minimum absolute atomic E-state index is 0.733.